The van der Waals surface area contributed by atoms with Crippen molar-refractivity contribution in [1.82, 2.24) is 10.6 Å². The molecule has 0 aromatic heterocycles. The maximum Gasteiger partial charge on any atom is 0.221 e. The lowest BCUT2D eigenvalue weighted by Gasteiger charge is -2.18. The van der Waals surface area contributed by atoms with Gasteiger partial charge < -0.3 is 20.7 Å². The van der Waals surface area contributed by atoms with Gasteiger partial charge in [0.25, 0.3) is 0 Å². The van der Waals surface area contributed by atoms with E-state index in [1.54, 1.807) is 7.05 Å². The van der Waals surface area contributed by atoms with Crippen LogP contribution in [0.3, 0.4) is 0 Å². The summed E-state index contributed by atoms with van der Waals surface area (Å²) in [5, 5.41) is 9.36. The standard InChI is InChI=1S/C22H30N4O2/c1-16-6-5-7-21(14-16)28-17(2)15-25-22(23-4)24-13-12-19-8-10-20(11-9-19)26-18(3)27/h5-11,14,17H,12-13,15H2,1-4H3,(H,26,27)(H2,23,24,25). The van der Waals surface area contributed by atoms with E-state index in [2.05, 4.69) is 33.9 Å². The van der Waals surface area contributed by atoms with Gasteiger partial charge in [0.2, 0.25) is 5.91 Å². The van der Waals surface area contributed by atoms with Crippen LogP contribution >= 0.6 is 0 Å². The first kappa shape index (κ1) is 21.3. The van der Waals surface area contributed by atoms with Gasteiger partial charge in [-0.2, -0.15) is 0 Å². The third-order valence-electron chi connectivity index (χ3n) is 4.09. The minimum absolute atomic E-state index is 0.0154. The fraction of sp³-hybridized carbons (Fsp3) is 0.364. The average molecular weight is 383 g/mol. The minimum Gasteiger partial charge on any atom is -0.489 e. The van der Waals surface area contributed by atoms with Gasteiger partial charge in [-0.1, -0.05) is 24.3 Å². The Kier molecular flexibility index (Phi) is 8.34. The highest BCUT2D eigenvalue weighted by Gasteiger charge is 2.06. The lowest BCUT2D eigenvalue weighted by atomic mass is 10.1. The Hall–Kier alpha value is -3.02. The molecule has 0 fully saturated rings. The number of aryl methyl sites for hydroxylation is 1. The monoisotopic (exact) mass is 382 g/mol. The molecule has 0 bridgehead atoms. The summed E-state index contributed by atoms with van der Waals surface area (Å²) < 4.78 is 5.93. The van der Waals surface area contributed by atoms with Gasteiger partial charge in [0.05, 0.1) is 6.54 Å². The Morgan fingerprint density at radius 3 is 2.54 bits per heavy atom. The highest BCUT2D eigenvalue weighted by atomic mass is 16.5. The number of ether oxygens (including phenoxy) is 1. The molecule has 2 aromatic rings. The van der Waals surface area contributed by atoms with Crippen molar-refractivity contribution in [2.45, 2.75) is 33.3 Å². The Balaban J connectivity index is 1.71. The summed E-state index contributed by atoms with van der Waals surface area (Å²) in [6, 6.07) is 15.9. The van der Waals surface area contributed by atoms with Gasteiger partial charge in [-0.05, 0) is 55.7 Å². The quantitative estimate of drug-likeness (QED) is 0.484. The molecule has 0 aliphatic rings. The van der Waals surface area contributed by atoms with Crippen LogP contribution in [0.1, 0.15) is 25.0 Å². The Morgan fingerprint density at radius 2 is 1.89 bits per heavy atom. The SMILES string of the molecule is CN=C(NCCc1ccc(NC(C)=O)cc1)NCC(C)Oc1cccc(C)c1. The first-order valence-electron chi connectivity index (χ1n) is 9.50. The molecule has 150 valence electrons. The first-order chi connectivity index (χ1) is 13.5. The zero-order valence-electron chi connectivity index (χ0n) is 17.1. The topological polar surface area (TPSA) is 74.8 Å². The van der Waals surface area contributed by atoms with Gasteiger partial charge in [0.15, 0.2) is 5.96 Å². The molecular weight excluding hydrogens is 352 g/mol. The fourth-order valence-electron chi connectivity index (χ4n) is 2.71. The summed E-state index contributed by atoms with van der Waals surface area (Å²) in [5.74, 6) is 1.56. The van der Waals surface area contributed by atoms with Crippen LogP contribution in [0.4, 0.5) is 5.69 Å². The van der Waals surface area contributed by atoms with Crippen LogP contribution < -0.4 is 20.7 Å². The van der Waals surface area contributed by atoms with Crippen LogP contribution in [0.25, 0.3) is 0 Å². The summed E-state index contributed by atoms with van der Waals surface area (Å²) >= 11 is 0. The predicted molar refractivity (Wildman–Crippen MR) is 115 cm³/mol. The third-order valence-corrected chi connectivity index (χ3v) is 4.09. The smallest absolute Gasteiger partial charge is 0.221 e. The second-order valence-electron chi connectivity index (χ2n) is 6.75. The van der Waals surface area contributed by atoms with Gasteiger partial charge in [-0.15, -0.1) is 0 Å². The second-order valence-corrected chi connectivity index (χ2v) is 6.75. The van der Waals surface area contributed by atoms with Crippen LogP contribution in [0.2, 0.25) is 0 Å². The number of hydrogen-bond donors (Lipinski definition) is 3. The Morgan fingerprint density at radius 1 is 1.14 bits per heavy atom. The molecular formula is C22H30N4O2. The summed E-state index contributed by atoms with van der Waals surface area (Å²) in [4.78, 5) is 15.3. The van der Waals surface area contributed by atoms with E-state index in [0.29, 0.717) is 6.54 Å². The molecule has 0 aliphatic heterocycles. The van der Waals surface area contributed by atoms with Crippen LogP contribution in [-0.4, -0.2) is 38.1 Å². The molecule has 0 saturated carbocycles. The number of hydrogen-bond acceptors (Lipinski definition) is 3. The number of carbonyl (C=O) groups excluding carboxylic acids is 1. The van der Waals surface area contributed by atoms with Crippen molar-refractivity contribution in [3.05, 3.63) is 59.7 Å². The first-order valence-corrected chi connectivity index (χ1v) is 9.50. The number of carbonyl (C=O) groups is 1. The van der Waals surface area contributed by atoms with E-state index >= 15 is 0 Å². The predicted octanol–water partition coefficient (Wildman–Crippen LogP) is 3.13. The minimum atomic E-state index is -0.0649. The molecule has 1 atom stereocenters. The second kappa shape index (κ2) is 11.0. The Labute approximate surface area is 167 Å². The van der Waals surface area contributed by atoms with Crippen molar-refractivity contribution in [2.24, 2.45) is 4.99 Å². The lowest BCUT2D eigenvalue weighted by molar-refractivity contribution is -0.114. The molecule has 6 nitrogen and oxygen atoms in total. The summed E-state index contributed by atoms with van der Waals surface area (Å²) in [7, 11) is 1.75. The number of nitrogens with one attached hydrogen (secondary N) is 3. The molecule has 2 aromatic carbocycles. The molecule has 0 saturated heterocycles. The normalized spacial score (nSPS) is 12.2. The highest BCUT2D eigenvalue weighted by molar-refractivity contribution is 5.88. The number of nitrogens with zero attached hydrogens (tertiary/aromatic N) is 1. The van der Waals surface area contributed by atoms with Gasteiger partial charge in [0, 0.05) is 26.2 Å². The molecule has 3 N–H and O–H groups in total. The van der Waals surface area contributed by atoms with Crippen molar-refractivity contribution in [3.63, 3.8) is 0 Å². The van der Waals surface area contributed by atoms with Gasteiger partial charge in [-0.3, -0.25) is 9.79 Å². The van der Waals surface area contributed by atoms with Crippen LogP contribution in [-0.2, 0) is 11.2 Å². The summed E-state index contributed by atoms with van der Waals surface area (Å²) in [6.07, 6.45) is 0.873. The van der Waals surface area contributed by atoms with Gasteiger partial charge >= 0.3 is 0 Å². The van der Waals surface area contributed by atoms with Gasteiger partial charge in [0.1, 0.15) is 11.9 Å². The maximum absolute atomic E-state index is 11.1. The molecule has 0 heterocycles. The molecule has 1 amide bonds. The van der Waals surface area contributed by atoms with Crippen molar-refractivity contribution in [3.8, 4) is 5.75 Å². The van der Waals surface area contributed by atoms with Crippen molar-refractivity contribution >= 4 is 17.6 Å². The molecule has 1 unspecified atom stereocenters. The zero-order chi connectivity index (χ0) is 20.4. The summed E-state index contributed by atoms with van der Waals surface area (Å²) in [5.41, 5.74) is 3.18. The van der Waals surface area contributed by atoms with Crippen LogP contribution in [0, 0.1) is 6.92 Å². The van der Waals surface area contributed by atoms with E-state index in [1.807, 2.05) is 49.4 Å². The Bertz CT molecular complexity index is 787. The molecule has 2 rings (SSSR count). The fourth-order valence-corrected chi connectivity index (χ4v) is 2.71. The van der Waals surface area contributed by atoms with E-state index in [0.717, 1.165) is 30.4 Å². The third kappa shape index (κ3) is 7.70. The molecule has 0 spiro atoms. The zero-order valence-corrected chi connectivity index (χ0v) is 17.1. The van der Waals surface area contributed by atoms with Crippen LogP contribution in [0.5, 0.6) is 5.75 Å². The number of aliphatic imine (C=N–C) groups is 1. The van der Waals surface area contributed by atoms with E-state index in [4.69, 9.17) is 4.74 Å². The van der Waals surface area contributed by atoms with Crippen molar-refractivity contribution in [1.29, 1.82) is 0 Å². The highest BCUT2D eigenvalue weighted by Crippen LogP contribution is 2.14. The summed E-state index contributed by atoms with van der Waals surface area (Å²) in [6.45, 7) is 6.99. The molecule has 28 heavy (non-hydrogen) atoms. The van der Waals surface area contributed by atoms with Crippen molar-refractivity contribution in [2.75, 3.05) is 25.5 Å². The number of anilines is 1. The number of amides is 1. The number of guanidine groups is 1. The van der Waals surface area contributed by atoms with E-state index in [9.17, 15) is 4.79 Å². The molecule has 6 heteroatoms. The number of rotatable bonds is 8. The average Bonchev–Trinajstić information content (AvgIpc) is 2.65. The lowest BCUT2D eigenvalue weighted by Crippen LogP contribution is -2.42. The van der Waals surface area contributed by atoms with E-state index in [1.165, 1.54) is 18.1 Å². The van der Waals surface area contributed by atoms with E-state index in [-0.39, 0.29) is 12.0 Å². The number of benzene rings is 2. The van der Waals surface area contributed by atoms with Crippen molar-refractivity contribution < 1.29 is 9.53 Å². The molecule has 0 aliphatic carbocycles. The molecule has 0 radical (unpaired) electrons. The maximum atomic E-state index is 11.1. The largest absolute Gasteiger partial charge is 0.489 e. The van der Waals surface area contributed by atoms with Crippen LogP contribution in [0.15, 0.2) is 53.5 Å². The van der Waals surface area contributed by atoms with Gasteiger partial charge in [-0.25, -0.2) is 0 Å². The van der Waals surface area contributed by atoms with E-state index < -0.39 is 0 Å².